The van der Waals surface area contributed by atoms with Crippen LogP contribution >= 0.6 is 0 Å². The monoisotopic (exact) mass is 449 g/mol. The molecule has 2 aromatic rings. The van der Waals surface area contributed by atoms with Crippen LogP contribution in [0.25, 0.3) is 0 Å². The third-order valence-electron chi connectivity index (χ3n) is 5.94. The lowest BCUT2D eigenvalue weighted by Gasteiger charge is -2.39. The number of carbonyl (C=O) groups excluding carboxylic acids is 2. The average Bonchev–Trinajstić information content (AvgIpc) is 2.86. The number of hydrogen-bond acceptors (Lipinski definition) is 5. The lowest BCUT2D eigenvalue weighted by atomic mass is 9.83. The van der Waals surface area contributed by atoms with Crippen LogP contribution in [0.5, 0.6) is 0 Å². The molecule has 0 saturated heterocycles. The summed E-state index contributed by atoms with van der Waals surface area (Å²) in [4.78, 5) is 27.4. The zero-order chi connectivity index (χ0) is 23.5. The fraction of sp³-hybridized carbons (Fsp3) is 0.423. The first-order chi connectivity index (χ1) is 16.0. The molecule has 7 heteroatoms. The van der Waals surface area contributed by atoms with Crippen LogP contribution in [-0.4, -0.2) is 42.2 Å². The SMILES string of the molecule is CN(C(=O)C1(OC(=O)NCc2ccccc2)CCCCC1)[C@H](C#N)COCc1ccccc1. The Balaban J connectivity index is 1.61. The van der Waals surface area contributed by atoms with Gasteiger partial charge in [-0.05, 0) is 36.8 Å². The number of amides is 2. The Bertz CT molecular complexity index is 937. The molecule has 3 rings (SSSR count). The van der Waals surface area contributed by atoms with Gasteiger partial charge in [-0.1, -0.05) is 67.1 Å². The topological polar surface area (TPSA) is 91.7 Å². The Kier molecular flexibility index (Phi) is 8.85. The number of ether oxygens (including phenoxy) is 2. The molecule has 0 spiro atoms. The molecule has 0 heterocycles. The summed E-state index contributed by atoms with van der Waals surface area (Å²) in [6, 6.07) is 20.5. The number of likely N-dealkylation sites (N-methyl/N-ethyl adjacent to an activating group) is 1. The summed E-state index contributed by atoms with van der Waals surface area (Å²) in [5.41, 5.74) is 0.670. The zero-order valence-electron chi connectivity index (χ0n) is 19.0. The smallest absolute Gasteiger partial charge is 0.408 e. The summed E-state index contributed by atoms with van der Waals surface area (Å²) in [5, 5.41) is 12.4. The van der Waals surface area contributed by atoms with E-state index in [-0.39, 0.29) is 12.5 Å². The summed E-state index contributed by atoms with van der Waals surface area (Å²) in [7, 11) is 1.57. The number of carbonyl (C=O) groups is 2. The highest BCUT2D eigenvalue weighted by Gasteiger charge is 2.46. The van der Waals surface area contributed by atoms with E-state index in [1.165, 1.54) is 4.90 Å². The summed E-state index contributed by atoms with van der Waals surface area (Å²) in [5.74, 6) is -0.355. The van der Waals surface area contributed by atoms with Crippen molar-refractivity contribution in [3.05, 3.63) is 71.8 Å². The number of nitrogens with zero attached hydrogens (tertiary/aromatic N) is 2. The van der Waals surface area contributed by atoms with E-state index in [2.05, 4.69) is 11.4 Å². The van der Waals surface area contributed by atoms with Gasteiger partial charge in [-0.25, -0.2) is 4.79 Å². The van der Waals surface area contributed by atoms with Crippen molar-refractivity contribution >= 4 is 12.0 Å². The second-order valence-corrected chi connectivity index (χ2v) is 8.35. The third-order valence-corrected chi connectivity index (χ3v) is 5.94. The van der Waals surface area contributed by atoms with Crippen molar-refractivity contribution in [2.45, 2.75) is 56.9 Å². The van der Waals surface area contributed by atoms with Crippen LogP contribution in [0.2, 0.25) is 0 Å². The molecule has 0 radical (unpaired) electrons. The van der Waals surface area contributed by atoms with Gasteiger partial charge in [0.1, 0.15) is 6.04 Å². The van der Waals surface area contributed by atoms with Crippen molar-refractivity contribution in [3.8, 4) is 6.07 Å². The van der Waals surface area contributed by atoms with E-state index >= 15 is 0 Å². The summed E-state index contributed by atoms with van der Waals surface area (Å²) >= 11 is 0. The average molecular weight is 450 g/mol. The molecule has 1 N–H and O–H groups in total. The van der Waals surface area contributed by atoms with Crippen molar-refractivity contribution < 1.29 is 19.1 Å². The van der Waals surface area contributed by atoms with Gasteiger partial charge in [-0.2, -0.15) is 5.26 Å². The lowest BCUT2D eigenvalue weighted by Crippen LogP contribution is -2.55. The maximum Gasteiger partial charge on any atom is 0.408 e. The molecule has 1 aliphatic rings. The van der Waals surface area contributed by atoms with E-state index in [0.717, 1.165) is 30.4 Å². The van der Waals surface area contributed by atoms with Crippen LogP contribution in [0.1, 0.15) is 43.2 Å². The molecule has 174 valence electrons. The molecular formula is C26H31N3O4. The standard InChI is InChI=1S/C26H31N3O4/c1-29(23(17-27)20-32-19-22-13-7-3-8-14-22)24(30)26(15-9-4-10-16-26)33-25(31)28-18-21-11-5-2-6-12-21/h2-3,5-8,11-14,23H,4,9-10,15-16,18-20H2,1H3,(H,28,31)/t23-/m1/s1. The fourth-order valence-electron chi connectivity index (χ4n) is 4.03. The number of alkyl carbamates (subject to hydrolysis) is 1. The Morgan fingerprint density at radius 2 is 1.64 bits per heavy atom. The summed E-state index contributed by atoms with van der Waals surface area (Å²) < 4.78 is 11.5. The van der Waals surface area contributed by atoms with Gasteiger partial charge < -0.3 is 19.7 Å². The predicted octanol–water partition coefficient (Wildman–Crippen LogP) is 4.18. The van der Waals surface area contributed by atoms with Gasteiger partial charge in [-0.15, -0.1) is 0 Å². The molecule has 1 fully saturated rings. The van der Waals surface area contributed by atoms with E-state index in [1.807, 2.05) is 60.7 Å². The second-order valence-electron chi connectivity index (χ2n) is 8.35. The first-order valence-electron chi connectivity index (χ1n) is 11.3. The van der Waals surface area contributed by atoms with Crippen LogP contribution in [0.3, 0.4) is 0 Å². The van der Waals surface area contributed by atoms with Crippen LogP contribution in [0, 0.1) is 11.3 Å². The van der Waals surface area contributed by atoms with Crippen LogP contribution in [0.4, 0.5) is 4.79 Å². The minimum atomic E-state index is -1.26. The molecule has 0 bridgehead atoms. The van der Waals surface area contributed by atoms with Crippen LogP contribution in [0.15, 0.2) is 60.7 Å². The van der Waals surface area contributed by atoms with Gasteiger partial charge in [0.25, 0.3) is 5.91 Å². The number of hydrogen-bond donors (Lipinski definition) is 1. The van der Waals surface area contributed by atoms with Crippen molar-refractivity contribution in [1.82, 2.24) is 10.2 Å². The molecule has 7 nitrogen and oxygen atoms in total. The van der Waals surface area contributed by atoms with Crippen molar-refractivity contribution in [1.29, 1.82) is 5.26 Å². The van der Waals surface area contributed by atoms with E-state index in [1.54, 1.807) is 7.05 Å². The summed E-state index contributed by atoms with van der Waals surface area (Å²) in [6.07, 6.45) is 2.81. The van der Waals surface area contributed by atoms with Crippen LogP contribution in [-0.2, 0) is 27.4 Å². The van der Waals surface area contributed by atoms with Gasteiger partial charge in [-0.3, -0.25) is 4.79 Å². The molecule has 2 amide bonds. The lowest BCUT2D eigenvalue weighted by molar-refractivity contribution is -0.155. The minimum Gasteiger partial charge on any atom is -0.433 e. The summed E-state index contributed by atoms with van der Waals surface area (Å²) in [6.45, 7) is 0.739. The molecule has 33 heavy (non-hydrogen) atoms. The number of nitrogens with one attached hydrogen (secondary N) is 1. The second kappa shape index (κ2) is 12.0. The van der Waals surface area contributed by atoms with Gasteiger partial charge in [0.2, 0.25) is 0 Å². The van der Waals surface area contributed by atoms with Gasteiger partial charge in [0.05, 0.1) is 19.3 Å². The Morgan fingerprint density at radius 1 is 1.03 bits per heavy atom. The highest BCUT2D eigenvalue weighted by atomic mass is 16.6. The molecule has 0 aliphatic heterocycles. The molecular weight excluding hydrogens is 418 g/mol. The molecule has 2 aromatic carbocycles. The van der Waals surface area contributed by atoms with Gasteiger partial charge >= 0.3 is 6.09 Å². The largest absolute Gasteiger partial charge is 0.433 e. The quantitative estimate of drug-likeness (QED) is 0.620. The third kappa shape index (κ3) is 6.80. The Labute approximate surface area is 195 Å². The molecule has 1 aliphatic carbocycles. The highest BCUT2D eigenvalue weighted by Crippen LogP contribution is 2.34. The maximum atomic E-state index is 13.5. The predicted molar refractivity (Wildman–Crippen MR) is 124 cm³/mol. The number of nitriles is 1. The molecule has 0 unspecified atom stereocenters. The van der Waals surface area contributed by atoms with Crippen molar-refractivity contribution in [2.75, 3.05) is 13.7 Å². The molecule has 0 aromatic heterocycles. The Morgan fingerprint density at radius 3 is 2.24 bits per heavy atom. The Hall–Kier alpha value is -3.37. The van der Waals surface area contributed by atoms with Crippen LogP contribution < -0.4 is 5.32 Å². The fourth-order valence-corrected chi connectivity index (χ4v) is 4.03. The van der Waals surface area contributed by atoms with E-state index in [9.17, 15) is 14.9 Å². The normalized spacial score (nSPS) is 15.6. The van der Waals surface area contributed by atoms with E-state index in [0.29, 0.717) is 26.0 Å². The molecule has 1 atom stereocenters. The highest BCUT2D eigenvalue weighted by molar-refractivity contribution is 5.88. The van der Waals surface area contributed by atoms with E-state index < -0.39 is 17.7 Å². The number of benzene rings is 2. The van der Waals surface area contributed by atoms with Crippen molar-refractivity contribution in [2.24, 2.45) is 0 Å². The molecule has 1 saturated carbocycles. The first-order valence-corrected chi connectivity index (χ1v) is 11.3. The van der Waals surface area contributed by atoms with Gasteiger partial charge in [0.15, 0.2) is 5.60 Å². The maximum absolute atomic E-state index is 13.5. The minimum absolute atomic E-state index is 0.0733. The first kappa shape index (κ1) is 24.3. The zero-order valence-corrected chi connectivity index (χ0v) is 19.0. The van der Waals surface area contributed by atoms with E-state index in [4.69, 9.17) is 9.47 Å². The van der Waals surface area contributed by atoms with Crippen molar-refractivity contribution in [3.63, 3.8) is 0 Å². The van der Waals surface area contributed by atoms with Gasteiger partial charge in [0, 0.05) is 13.6 Å². The number of rotatable bonds is 9.